The fourth-order valence-electron chi connectivity index (χ4n) is 3.45. The first kappa shape index (κ1) is 21.2. The van der Waals surface area contributed by atoms with Crippen LogP contribution in [0.4, 0.5) is 18.9 Å². The Morgan fingerprint density at radius 1 is 1.13 bits per heavy atom. The highest BCUT2D eigenvalue weighted by Crippen LogP contribution is 2.35. The zero-order valence-electron chi connectivity index (χ0n) is 16.8. The number of para-hydroxylation sites is 2. The molecular formula is C22H19F3N4OS. The van der Waals surface area contributed by atoms with Crippen LogP contribution in [-0.2, 0) is 11.0 Å². The first-order chi connectivity index (χ1) is 14.8. The molecule has 5 nitrogen and oxygen atoms in total. The van der Waals surface area contributed by atoms with E-state index in [-0.39, 0.29) is 5.69 Å². The van der Waals surface area contributed by atoms with Gasteiger partial charge in [0, 0.05) is 5.39 Å². The van der Waals surface area contributed by atoms with E-state index >= 15 is 0 Å². The van der Waals surface area contributed by atoms with Gasteiger partial charge in [-0.25, -0.2) is 0 Å². The van der Waals surface area contributed by atoms with Gasteiger partial charge in [-0.1, -0.05) is 49.0 Å². The summed E-state index contributed by atoms with van der Waals surface area (Å²) in [4.78, 5) is 12.8. The van der Waals surface area contributed by atoms with E-state index in [9.17, 15) is 18.0 Å². The Morgan fingerprint density at radius 3 is 2.58 bits per heavy atom. The first-order valence-electron chi connectivity index (χ1n) is 9.67. The maximum Gasteiger partial charge on any atom is 0.418 e. The molecule has 0 radical (unpaired) electrons. The number of fused-ring (bicyclic) bond motifs is 3. The van der Waals surface area contributed by atoms with Crippen molar-refractivity contribution in [1.82, 2.24) is 14.6 Å². The lowest BCUT2D eigenvalue weighted by Crippen LogP contribution is -2.26. The molecule has 0 aliphatic carbocycles. The molecule has 1 amide bonds. The fraction of sp³-hybridized carbons (Fsp3) is 0.227. The van der Waals surface area contributed by atoms with E-state index in [0.29, 0.717) is 17.2 Å². The van der Waals surface area contributed by atoms with Crippen molar-refractivity contribution in [2.45, 2.75) is 36.9 Å². The number of nitrogens with zero attached hydrogens (tertiary/aromatic N) is 3. The van der Waals surface area contributed by atoms with Gasteiger partial charge in [0.05, 0.1) is 22.0 Å². The van der Waals surface area contributed by atoms with Crippen LogP contribution in [0.1, 0.15) is 24.5 Å². The van der Waals surface area contributed by atoms with Gasteiger partial charge in [0.1, 0.15) is 0 Å². The summed E-state index contributed by atoms with van der Waals surface area (Å²) in [5.74, 6) is -0.516. The van der Waals surface area contributed by atoms with Gasteiger partial charge < -0.3 is 5.32 Å². The second kappa shape index (κ2) is 8.22. The minimum Gasteiger partial charge on any atom is -0.325 e. The third-order valence-electron chi connectivity index (χ3n) is 4.98. The van der Waals surface area contributed by atoms with Crippen molar-refractivity contribution in [3.8, 4) is 0 Å². The zero-order chi connectivity index (χ0) is 22.2. The molecule has 4 aromatic rings. The Kier molecular flexibility index (Phi) is 5.62. The minimum absolute atomic E-state index is 0.258. The number of carbonyl (C=O) groups is 1. The second-order valence-electron chi connectivity index (χ2n) is 7.07. The third kappa shape index (κ3) is 4.10. The van der Waals surface area contributed by atoms with Gasteiger partial charge in [-0.3, -0.25) is 9.20 Å². The molecule has 9 heteroatoms. The highest BCUT2D eigenvalue weighted by atomic mass is 32.2. The summed E-state index contributed by atoms with van der Waals surface area (Å²) in [6, 6.07) is 14.7. The van der Waals surface area contributed by atoms with Gasteiger partial charge in [-0.15, -0.1) is 10.2 Å². The van der Waals surface area contributed by atoms with Crippen LogP contribution in [0, 0.1) is 6.92 Å². The molecule has 0 spiro atoms. The molecule has 0 saturated carbocycles. The lowest BCUT2D eigenvalue weighted by Gasteiger charge is -2.17. The van der Waals surface area contributed by atoms with Crippen LogP contribution in [0.2, 0.25) is 0 Å². The number of amides is 1. The molecule has 0 aliphatic heterocycles. The number of benzene rings is 2. The van der Waals surface area contributed by atoms with Crippen LogP contribution in [0.15, 0.2) is 59.8 Å². The lowest BCUT2D eigenvalue weighted by atomic mass is 10.1. The van der Waals surface area contributed by atoms with E-state index in [1.807, 2.05) is 41.7 Å². The van der Waals surface area contributed by atoms with Crippen molar-refractivity contribution >= 4 is 39.9 Å². The van der Waals surface area contributed by atoms with Gasteiger partial charge in [-0.05, 0) is 43.2 Å². The normalized spacial score (nSPS) is 12.9. The number of pyridine rings is 1. The molecule has 0 bridgehead atoms. The first-order valence-corrected chi connectivity index (χ1v) is 10.5. The summed E-state index contributed by atoms with van der Waals surface area (Å²) in [5.41, 5.74) is 1.48. The molecule has 2 aromatic heterocycles. The highest BCUT2D eigenvalue weighted by Gasteiger charge is 2.34. The molecule has 31 heavy (non-hydrogen) atoms. The van der Waals surface area contributed by atoms with Gasteiger partial charge in [-0.2, -0.15) is 13.2 Å². The maximum atomic E-state index is 13.3. The summed E-state index contributed by atoms with van der Waals surface area (Å²) >= 11 is 1.18. The molecular weight excluding hydrogens is 425 g/mol. The molecule has 0 aliphatic rings. The quantitative estimate of drug-likeness (QED) is 0.400. The molecule has 0 saturated heterocycles. The molecule has 160 valence electrons. The predicted octanol–water partition coefficient (Wildman–Crippen LogP) is 5.72. The van der Waals surface area contributed by atoms with E-state index in [2.05, 4.69) is 15.5 Å². The number of alkyl halides is 3. The second-order valence-corrected chi connectivity index (χ2v) is 8.24. The number of carbonyl (C=O) groups excluding carboxylic acids is 1. The van der Waals surface area contributed by atoms with Gasteiger partial charge in [0.15, 0.2) is 10.8 Å². The van der Waals surface area contributed by atoms with Crippen molar-refractivity contribution in [3.63, 3.8) is 0 Å². The molecule has 0 fully saturated rings. The Balaban J connectivity index is 1.66. The van der Waals surface area contributed by atoms with Crippen LogP contribution in [0.25, 0.3) is 16.6 Å². The Morgan fingerprint density at radius 2 is 1.84 bits per heavy atom. The standard InChI is InChI=1S/C22H19F3N4OS/c1-3-18(20(30)26-16-10-6-5-9-15(16)22(23,24)25)31-21-28-27-19-12-13(2)14-8-4-7-11-17(14)29(19)21/h4-12,18H,3H2,1-2H3,(H,26,30). The fourth-order valence-corrected chi connectivity index (χ4v) is 4.43. The number of nitrogens with one attached hydrogen (secondary N) is 1. The van der Waals surface area contributed by atoms with Crippen LogP contribution in [0.5, 0.6) is 0 Å². The minimum atomic E-state index is -4.56. The zero-order valence-corrected chi connectivity index (χ0v) is 17.6. The third-order valence-corrected chi connectivity index (χ3v) is 6.28. The van der Waals surface area contributed by atoms with Crippen molar-refractivity contribution in [1.29, 1.82) is 0 Å². The van der Waals surface area contributed by atoms with E-state index in [0.717, 1.165) is 22.5 Å². The van der Waals surface area contributed by atoms with E-state index in [1.165, 1.54) is 30.0 Å². The molecule has 2 aromatic carbocycles. The number of thioether (sulfide) groups is 1. The highest BCUT2D eigenvalue weighted by molar-refractivity contribution is 8.00. The average molecular weight is 444 g/mol. The van der Waals surface area contributed by atoms with Gasteiger partial charge in [0.25, 0.3) is 0 Å². The van der Waals surface area contributed by atoms with Crippen LogP contribution < -0.4 is 5.32 Å². The monoisotopic (exact) mass is 444 g/mol. The Bertz CT molecular complexity index is 1270. The van der Waals surface area contributed by atoms with Crippen LogP contribution >= 0.6 is 11.8 Å². The van der Waals surface area contributed by atoms with Crippen molar-refractivity contribution < 1.29 is 18.0 Å². The van der Waals surface area contributed by atoms with Crippen molar-refractivity contribution in [2.75, 3.05) is 5.32 Å². The molecule has 2 heterocycles. The smallest absolute Gasteiger partial charge is 0.325 e. The molecule has 4 rings (SSSR count). The Hall–Kier alpha value is -3.07. The summed E-state index contributed by atoms with van der Waals surface area (Å²) in [7, 11) is 0. The number of aromatic nitrogens is 3. The number of hydrogen-bond acceptors (Lipinski definition) is 4. The van der Waals surface area contributed by atoms with E-state index in [4.69, 9.17) is 0 Å². The summed E-state index contributed by atoms with van der Waals surface area (Å²) in [5, 5.41) is 11.8. The van der Waals surface area contributed by atoms with Gasteiger partial charge >= 0.3 is 6.18 Å². The number of aryl methyl sites for hydroxylation is 1. The SMILES string of the molecule is CCC(Sc1nnc2cc(C)c3ccccc3n12)C(=O)Nc1ccccc1C(F)(F)F. The lowest BCUT2D eigenvalue weighted by molar-refractivity contribution is -0.137. The van der Waals surface area contributed by atoms with Gasteiger partial charge in [0.2, 0.25) is 5.91 Å². The van der Waals surface area contributed by atoms with Crippen molar-refractivity contribution in [3.05, 3.63) is 65.7 Å². The maximum absolute atomic E-state index is 13.3. The van der Waals surface area contributed by atoms with Crippen LogP contribution in [0.3, 0.4) is 0 Å². The molecule has 1 atom stereocenters. The van der Waals surface area contributed by atoms with Crippen molar-refractivity contribution in [2.24, 2.45) is 0 Å². The number of anilines is 1. The number of rotatable bonds is 5. The summed E-state index contributed by atoms with van der Waals surface area (Å²) in [6.45, 7) is 3.79. The molecule has 1 N–H and O–H groups in total. The Labute approximate surface area is 180 Å². The van der Waals surface area contributed by atoms with E-state index < -0.39 is 22.9 Å². The number of halogens is 3. The molecule has 1 unspecified atom stereocenters. The van der Waals surface area contributed by atoms with Crippen LogP contribution in [-0.4, -0.2) is 25.8 Å². The topological polar surface area (TPSA) is 59.3 Å². The van der Waals surface area contributed by atoms with E-state index in [1.54, 1.807) is 6.92 Å². The average Bonchev–Trinajstić information content (AvgIpc) is 3.14. The summed E-state index contributed by atoms with van der Waals surface area (Å²) < 4.78 is 41.7. The predicted molar refractivity (Wildman–Crippen MR) is 115 cm³/mol. The summed E-state index contributed by atoms with van der Waals surface area (Å²) in [6.07, 6.45) is -4.15. The number of hydrogen-bond donors (Lipinski definition) is 1. The largest absolute Gasteiger partial charge is 0.418 e.